The SMILES string of the molecule is CCOC(O)c1c(C)nc2cnccn12. The van der Waals surface area contributed by atoms with Crippen LogP contribution in [0.4, 0.5) is 0 Å². The minimum absolute atomic E-state index is 0.457. The monoisotopic (exact) mass is 207 g/mol. The van der Waals surface area contributed by atoms with Gasteiger partial charge in [-0.3, -0.25) is 9.38 Å². The zero-order valence-electron chi connectivity index (χ0n) is 8.71. The summed E-state index contributed by atoms with van der Waals surface area (Å²) < 4.78 is 6.93. The largest absolute Gasteiger partial charge is 0.363 e. The van der Waals surface area contributed by atoms with Crippen molar-refractivity contribution in [2.24, 2.45) is 0 Å². The average Bonchev–Trinajstić information content (AvgIpc) is 2.54. The van der Waals surface area contributed by atoms with E-state index in [1.165, 1.54) is 0 Å². The van der Waals surface area contributed by atoms with E-state index in [9.17, 15) is 5.11 Å². The van der Waals surface area contributed by atoms with Gasteiger partial charge in [0.2, 0.25) is 0 Å². The molecule has 5 nitrogen and oxygen atoms in total. The van der Waals surface area contributed by atoms with Gasteiger partial charge in [-0.1, -0.05) is 0 Å². The van der Waals surface area contributed by atoms with E-state index in [1.54, 1.807) is 23.0 Å². The first-order valence-electron chi connectivity index (χ1n) is 4.82. The average molecular weight is 207 g/mol. The summed E-state index contributed by atoms with van der Waals surface area (Å²) in [5.41, 5.74) is 2.13. The number of hydrogen-bond acceptors (Lipinski definition) is 4. The number of aromatic nitrogens is 3. The maximum atomic E-state index is 9.78. The minimum atomic E-state index is -0.938. The van der Waals surface area contributed by atoms with Crippen LogP contribution in [0, 0.1) is 6.92 Å². The molecule has 0 saturated carbocycles. The van der Waals surface area contributed by atoms with Gasteiger partial charge in [0.05, 0.1) is 11.9 Å². The lowest BCUT2D eigenvalue weighted by Crippen LogP contribution is -2.07. The summed E-state index contributed by atoms with van der Waals surface area (Å²) in [4.78, 5) is 8.24. The Bertz CT molecular complexity index is 467. The molecule has 2 rings (SSSR count). The normalized spacial score (nSPS) is 13.3. The number of aliphatic hydroxyl groups is 1. The van der Waals surface area contributed by atoms with E-state index in [1.807, 2.05) is 13.8 Å². The van der Waals surface area contributed by atoms with Crippen LogP contribution < -0.4 is 0 Å². The molecule has 0 aliphatic heterocycles. The molecule has 1 atom stereocenters. The molecule has 0 aromatic carbocycles. The van der Waals surface area contributed by atoms with Crippen molar-refractivity contribution in [1.82, 2.24) is 14.4 Å². The Kier molecular flexibility index (Phi) is 2.66. The van der Waals surface area contributed by atoms with Gasteiger partial charge >= 0.3 is 0 Å². The highest BCUT2D eigenvalue weighted by Crippen LogP contribution is 2.19. The van der Waals surface area contributed by atoms with E-state index in [4.69, 9.17) is 4.74 Å². The van der Waals surface area contributed by atoms with Crippen LogP contribution in [0.2, 0.25) is 0 Å². The Balaban J connectivity index is 2.53. The minimum Gasteiger partial charge on any atom is -0.363 e. The maximum absolute atomic E-state index is 9.78. The van der Waals surface area contributed by atoms with E-state index in [0.29, 0.717) is 17.9 Å². The van der Waals surface area contributed by atoms with Crippen LogP contribution in [-0.2, 0) is 4.74 Å². The van der Waals surface area contributed by atoms with E-state index in [-0.39, 0.29) is 0 Å². The highest BCUT2D eigenvalue weighted by molar-refractivity contribution is 5.40. The van der Waals surface area contributed by atoms with Gasteiger partial charge in [0.1, 0.15) is 5.69 Å². The zero-order valence-corrected chi connectivity index (χ0v) is 8.71. The molecule has 1 unspecified atom stereocenters. The van der Waals surface area contributed by atoms with Gasteiger partial charge in [0.25, 0.3) is 0 Å². The molecule has 2 aromatic rings. The molecule has 80 valence electrons. The number of fused-ring (bicyclic) bond motifs is 1. The molecule has 0 saturated heterocycles. The lowest BCUT2D eigenvalue weighted by Gasteiger charge is -2.10. The van der Waals surface area contributed by atoms with Crippen LogP contribution in [0.3, 0.4) is 0 Å². The summed E-state index contributed by atoms with van der Waals surface area (Å²) in [5.74, 6) is 0. The highest BCUT2D eigenvalue weighted by atomic mass is 16.6. The van der Waals surface area contributed by atoms with E-state index in [2.05, 4.69) is 9.97 Å². The Hall–Kier alpha value is -1.46. The van der Waals surface area contributed by atoms with Crippen LogP contribution in [0.1, 0.15) is 24.6 Å². The Morgan fingerprint density at radius 2 is 2.40 bits per heavy atom. The summed E-state index contributed by atoms with van der Waals surface area (Å²) in [7, 11) is 0. The van der Waals surface area contributed by atoms with Gasteiger partial charge in [0.15, 0.2) is 11.9 Å². The van der Waals surface area contributed by atoms with Crippen LogP contribution >= 0.6 is 0 Å². The number of aliphatic hydroxyl groups excluding tert-OH is 1. The number of rotatable bonds is 3. The summed E-state index contributed by atoms with van der Waals surface area (Å²) in [6, 6.07) is 0. The maximum Gasteiger partial charge on any atom is 0.198 e. The molecule has 0 bridgehead atoms. The van der Waals surface area contributed by atoms with Gasteiger partial charge in [-0.2, -0.15) is 0 Å². The van der Waals surface area contributed by atoms with Gasteiger partial charge in [-0.05, 0) is 13.8 Å². The molecule has 0 radical (unpaired) electrons. The lowest BCUT2D eigenvalue weighted by molar-refractivity contribution is -0.102. The fraction of sp³-hybridized carbons (Fsp3) is 0.400. The Morgan fingerprint density at radius 3 is 3.13 bits per heavy atom. The second-order valence-corrected chi connectivity index (χ2v) is 3.19. The smallest absolute Gasteiger partial charge is 0.198 e. The van der Waals surface area contributed by atoms with Crippen molar-refractivity contribution in [1.29, 1.82) is 0 Å². The first-order valence-corrected chi connectivity index (χ1v) is 4.82. The first-order chi connectivity index (χ1) is 7.24. The van der Waals surface area contributed by atoms with Gasteiger partial charge in [-0.25, -0.2) is 4.98 Å². The van der Waals surface area contributed by atoms with Crippen LogP contribution in [0.15, 0.2) is 18.6 Å². The molecule has 1 N–H and O–H groups in total. The zero-order chi connectivity index (χ0) is 10.8. The molecule has 15 heavy (non-hydrogen) atoms. The molecule has 0 spiro atoms. The van der Waals surface area contributed by atoms with Crippen molar-refractivity contribution in [3.05, 3.63) is 30.0 Å². The predicted molar refractivity (Wildman–Crippen MR) is 54.3 cm³/mol. The summed E-state index contributed by atoms with van der Waals surface area (Å²) in [6.07, 6.45) is 4.12. The van der Waals surface area contributed by atoms with E-state index < -0.39 is 6.29 Å². The summed E-state index contributed by atoms with van der Waals surface area (Å²) >= 11 is 0. The van der Waals surface area contributed by atoms with Crippen LogP contribution in [0.5, 0.6) is 0 Å². The molecule has 0 amide bonds. The molecule has 0 aliphatic rings. The van der Waals surface area contributed by atoms with Crippen molar-refractivity contribution in [2.75, 3.05) is 6.61 Å². The fourth-order valence-corrected chi connectivity index (χ4v) is 1.58. The number of aryl methyl sites for hydroxylation is 1. The van der Waals surface area contributed by atoms with Gasteiger partial charge in [0, 0.05) is 19.0 Å². The van der Waals surface area contributed by atoms with Crippen molar-refractivity contribution >= 4 is 5.65 Å². The molecular weight excluding hydrogens is 194 g/mol. The lowest BCUT2D eigenvalue weighted by atomic mass is 10.3. The van der Waals surface area contributed by atoms with Gasteiger partial charge < -0.3 is 9.84 Å². The topological polar surface area (TPSA) is 59.7 Å². The molecule has 2 aromatic heterocycles. The third-order valence-electron chi connectivity index (χ3n) is 2.21. The summed E-state index contributed by atoms with van der Waals surface area (Å²) in [5, 5.41) is 9.78. The van der Waals surface area contributed by atoms with Gasteiger partial charge in [-0.15, -0.1) is 0 Å². The Labute approximate surface area is 87.4 Å². The quantitative estimate of drug-likeness (QED) is 0.765. The Morgan fingerprint density at radius 1 is 1.60 bits per heavy atom. The molecular formula is C10H13N3O2. The van der Waals surface area contributed by atoms with Crippen molar-refractivity contribution in [3.63, 3.8) is 0 Å². The number of hydrogen-bond donors (Lipinski definition) is 1. The molecule has 0 aliphatic carbocycles. The number of nitrogens with zero attached hydrogens (tertiary/aromatic N) is 3. The van der Waals surface area contributed by atoms with E-state index in [0.717, 1.165) is 5.69 Å². The predicted octanol–water partition coefficient (Wildman–Crippen LogP) is 1.07. The van der Waals surface area contributed by atoms with Crippen molar-refractivity contribution in [3.8, 4) is 0 Å². The van der Waals surface area contributed by atoms with Crippen LogP contribution in [0.25, 0.3) is 5.65 Å². The molecule has 2 heterocycles. The second kappa shape index (κ2) is 3.96. The molecule has 5 heteroatoms. The number of imidazole rings is 1. The third kappa shape index (κ3) is 1.71. The highest BCUT2D eigenvalue weighted by Gasteiger charge is 2.16. The standard InChI is InChI=1S/C10H13N3O2/c1-3-15-10(14)9-7(2)12-8-6-11-4-5-13(8)9/h4-6,10,14H,3H2,1-2H3. The van der Waals surface area contributed by atoms with E-state index >= 15 is 0 Å². The first kappa shape index (κ1) is 10.1. The summed E-state index contributed by atoms with van der Waals surface area (Å²) in [6.45, 7) is 4.13. The number of ether oxygens (including phenoxy) is 1. The molecule has 0 fully saturated rings. The second-order valence-electron chi connectivity index (χ2n) is 3.19. The van der Waals surface area contributed by atoms with Crippen molar-refractivity contribution < 1.29 is 9.84 Å². The van der Waals surface area contributed by atoms with Crippen molar-refractivity contribution in [2.45, 2.75) is 20.1 Å². The van der Waals surface area contributed by atoms with Crippen LogP contribution in [-0.4, -0.2) is 26.1 Å². The third-order valence-corrected chi connectivity index (χ3v) is 2.21. The fourth-order valence-electron chi connectivity index (χ4n) is 1.58.